The molecule has 7 fully saturated rings. The summed E-state index contributed by atoms with van der Waals surface area (Å²) >= 11 is 0. The van der Waals surface area contributed by atoms with Crippen LogP contribution in [-0.2, 0) is 75.9 Å². The van der Waals surface area contributed by atoms with Crippen molar-refractivity contribution in [2.24, 2.45) is 0 Å². The molecule has 0 aromatic carbocycles. The van der Waals surface area contributed by atoms with E-state index in [4.69, 9.17) is 66.3 Å². The molecule has 0 spiro atoms. The van der Waals surface area contributed by atoms with Gasteiger partial charge in [0, 0.05) is 13.8 Å². The van der Waals surface area contributed by atoms with Crippen LogP contribution in [0.3, 0.4) is 0 Å². The maximum absolute atomic E-state index is 12.8. The van der Waals surface area contributed by atoms with Gasteiger partial charge in [0.25, 0.3) is 0 Å². The van der Waals surface area contributed by atoms with Gasteiger partial charge in [0.05, 0.1) is 64.5 Å². The molecule has 542 valence electrons. The lowest BCUT2D eigenvalue weighted by Crippen LogP contribution is -2.69. The second-order valence-corrected chi connectivity index (χ2v) is 23.6. The second-order valence-electron chi connectivity index (χ2n) is 23.6. The van der Waals surface area contributed by atoms with Crippen molar-refractivity contribution in [2.75, 3.05) is 46.2 Å². The van der Waals surface area contributed by atoms with E-state index in [1.807, 2.05) is 0 Å². The third-order valence-electron chi connectivity index (χ3n) is 17.0. The lowest BCUT2D eigenvalue weighted by molar-refractivity contribution is -0.397. The molecule has 0 unspecified atom stereocenters. The van der Waals surface area contributed by atoms with E-state index in [1.165, 1.54) is 13.8 Å². The molecule has 0 aromatic rings. The third-order valence-corrected chi connectivity index (χ3v) is 17.0. The molecule has 7 rings (SSSR count). The monoisotopic (exact) mass is 1370 g/mol. The standard InChI is InChI=1S/C52H90N2O39/c1-12-24(64)31(71)36(76)47(81-12)92-44-33(73)27(67)18(6-56)85-51(44)88-40(16(5-55)53-14(3)61)26(66)17(63)11-80-46-23(54-15(4)62)42(29(69)20(8-58)83-46)90-49-38(78)35(75)41(22(10-60)87-49)89-50-39(79)43(30(70)21(9-59)84-50)91-52-45(34(74)28(68)19(7-57)86-52)93-48-37(77)32(72)25(65)13(2)82-48/h12-13,16-52,55-60,63-79H,5-11H2,1-4H3,(H,53,61)(H,54,62)/t12-,13-,16+,17-,18-,19-,20-,21-,22-,23-,24+,25+,26+,27+,28+,29-,30+,31+,32+,33+,34+,35-,36-,37-,38-,39-,40-,41+,42-,43+,44-,45-,46-,47-,48-,49+,50-,51+,52-/m1/s1. The van der Waals surface area contributed by atoms with Gasteiger partial charge in [-0.05, 0) is 13.8 Å². The van der Waals surface area contributed by atoms with Gasteiger partial charge in [-0.1, -0.05) is 0 Å². The molecular weight excluding hydrogens is 1280 g/mol. The minimum Gasteiger partial charge on any atom is -0.394 e. The van der Waals surface area contributed by atoms with Gasteiger partial charge in [0.15, 0.2) is 44.0 Å². The van der Waals surface area contributed by atoms with Crippen molar-refractivity contribution < 1.29 is 193 Å². The zero-order chi connectivity index (χ0) is 68.9. The highest BCUT2D eigenvalue weighted by Crippen LogP contribution is 2.38. The molecule has 0 aliphatic carbocycles. The highest BCUT2D eigenvalue weighted by molar-refractivity contribution is 5.73. The van der Waals surface area contributed by atoms with Crippen molar-refractivity contribution >= 4 is 11.8 Å². The van der Waals surface area contributed by atoms with Crippen LogP contribution in [0.25, 0.3) is 0 Å². The van der Waals surface area contributed by atoms with Gasteiger partial charge in [-0.15, -0.1) is 0 Å². The molecule has 0 aromatic heterocycles. The van der Waals surface area contributed by atoms with Gasteiger partial charge in [0.1, 0.15) is 177 Å². The average molecular weight is 1370 g/mol. The number of ether oxygens (including phenoxy) is 14. The molecular formula is C52H90N2O39. The topological polar surface area (TPSA) is 653 Å². The second kappa shape index (κ2) is 34.0. The van der Waals surface area contributed by atoms with E-state index >= 15 is 0 Å². The fraction of sp³-hybridized carbons (Fsp3) is 0.962. The summed E-state index contributed by atoms with van der Waals surface area (Å²) in [6, 6.07) is -3.54. The number of hydrogen-bond donors (Lipinski definition) is 25. The Morgan fingerprint density at radius 2 is 0.763 bits per heavy atom. The Morgan fingerprint density at radius 1 is 0.387 bits per heavy atom. The lowest BCUT2D eigenvalue weighted by Gasteiger charge is -2.50. The number of nitrogens with one attached hydrogen (secondary N) is 2. The van der Waals surface area contributed by atoms with E-state index in [2.05, 4.69) is 10.6 Å². The molecule has 93 heavy (non-hydrogen) atoms. The van der Waals surface area contributed by atoms with Crippen LogP contribution >= 0.6 is 0 Å². The first kappa shape index (κ1) is 77.8. The zero-order valence-electron chi connectivity index (χ0n) is 50.3. The maximum Gasteiger partial charge on any atom is 0.217 e. The minimum absolute atomic E-state index is 0.857. The number of carbonyl (C=O) groups is 2. The van der Waals surface area contributed by atoms with Gasteiger partial charge in [-0.2, -0.15) is 0 Å². The summed E-state index contributed by atoms with van der Waals surface area (Å²) in [5.74, 6) is -1.76. The highest BCUT2D eigenvalue weighted by Gasteiger charge is 2.59. The molecule has 0 saturated carbocycles. The number of aliphatic hydroxyl groups excluding tert-OH is 23. The summed E-state index contributed by atoms with van der Waals surface area (Å²) < 4.78 is 80.3. The van der Waals surface area contributed by atoms with Crippen LogP contribution in [0.5, 0.6) is 0 Å². The maximum atomic E-state index is 12.8. The largest absolute Gasteiger partial charge is 0.394 e. The van der Waals surface area contributed by atoms with Crippen molar-refractivity contribution in [1.29, 1.82) is 0 Å². The Labute approximate surface area is 528 Å². The van der Waals surface area contributed by atoms with Gasteiger partial charge in [-0.3, -0.25) is 9.59 Å². The van der Waals surface area contributed by atoms with E-state index in [-0.39, 0.29) is 0 Å². The van der Waals surface area contributed by atoms with Crippen LogP contribution in [0.2, 0.25) is 0 Å². The van der Waals surface area contributed by atoms with Crippen LogP contribution in [0.1, 0.15) is 27.7 Å². The predicted octanol–water partition coefficient (Wildman–Crippen LogP) is -16.5. The van der Waals surface area contributed by atoms with E-state index in [1.54, 1.807) is 0 Å². The minimum atomic E-state index is -2.37. The summed E-state index contributed by atoms with van der Waals surface area (Å²) in [5.41, 5.74) is 0. The predicted molar refractivity (Wildman–Crippen MR) is 287 cm³/mol. The summed E-state index contributed by atoms with van der Waals surface area (Å²) in [4.78, 5) is 25.3. The van der Waals surface area contributed by atoms with Crippen molar-refractivity contribution in [3.8, 4) is 0 Å². The molecule has 41 nitrogen and oxygen atoms in total. The fourth-order valence-electron chi connectivity index (χ4n) is 11.6. The first-order chi connectivity index (χ1) is 43.9. The van der Waals surface area contributed by atoms with Gasteiger partial charge in [0.2, 0.25) is 11.8 Å². The number of aliphatic hydroxyl groups is 23. The van der Waals surface area contributed by atoms with Gasteiger partial charge < -0.3 is 194 Å². The van der Waals surface area contributed by atoms with Gasteiger partial charge in [-0.25, -0.2) is 0 Å². The van der Waals surface area contributed by atoms with Crippen molar-refractivity contribution in [1.82, 2.24) is 10.6 Å². The van der Waals surface area contributed by atoms with Crippen molar-refractivity contribution in [2.45, 2.75) is 267 Å². The summed E-state index contributed by atoms with van der Waals surface area (Å²) in [5, 5.41) is 255. The van der Waals surface area contributed by atoms with Crippen LogP contribution in [0, 0.1) is 0 Å². The SMILES string of the molecule is CC(=O)N[C@H]1[C@H](OC[C@@H](O)[C@H](O)[C@H](O[C@@H]2O[C@H](CO)[C@H](O)[C@H](O)[C@H]2O[C@H]2O[C@H](C)[C@H](O)[C@H](O)[C@H]2O)[C@H](CO)NC(C)=O)O[C@H](CO)[C@@H](O)[C@@H]1O[C@@H]1O[C@H](CO)[C@H](O[C@H]2O[C@H](CO)[C@H](O)[C@H](O[C@H]3O[C@H](CO)[C@H](O)[C@H](O)[C@H]3O[C@H]3O[C@H](C)[C@H](O)[C@H](O)[C@H]3O)[C@H]2O)[C@H](O)[C@H]1O. The number of rotatable bonds is 26. The fourth-order valence-corrected chi connectivity index (χ4v) is 11.6. The third kappa shape index (κ3) is 17.4. The molecule has 7 heterocycles. The Hall–Kier alpha value is -2.54. The number of hydrogen-bond acceptors (Lipinski definition) is 39. The molecule has 39 atom stereocenters. The van der Waals surface area contributed by atoms with Crippen LogP contribution in [0.15, 0.2) is 0 Å². The molecule has 7 aliphatic heterocycles. The van der Waals surface area contributed by atoms with Crippen LogP contribution < -0.4 is 10.6 Å². The Bertz CT molecular complexity index is 2300. The van der Waals surface area contributed by atoms with Crippen molar-refractivity contribution in [3.05, 3.63) is 0 Å². The molecule has 0 bridgehead atoms. The first-order valence-electron chi connectivity index (χ1n) is 29.8. The van der Waals surface area contributed by atoms with Crippen LogP contribution in [-0.4, -0.2) is 415 Å². The first-order valence-corrected chi connectivity index (χ1v) is 29.8. The van der Waals surface area contributed by atoms with E-state index in [0.29, 0.717) is 0 Å². The summed E-state index contributed by atoms with van der Waals surface area (Å²) in [7, 11) is 0. The number of amides is 2. The average Bonchev–Trinajstić information content (AvgIpc) is 0.795. The molecule has 7 aliphatic rings. The molecule has 0 radical (unpaired) electrons. The molecule has 25 N–H and O–H groups in total. The van der Waals surface area contributed by atoms with E-state index < -0.39 is 297 Å². The highest BCUT2D eigenvalue weighted by atomic mass is 16.8. The number of carbonyl (C=O) groups excluding carboxylic acids is 2. The molecule has 7 saturated heterocycles. The van der Waals surface area contributed by atoms with Crippen LogP contribution in [0.4, 0.5) is 0 Å². The lowest BCUT2D eigenvalue weighted by atomic mass is 9.94. The Kier molecular flexibility index (Phi) is 28.5. The van der Waals surface area contributed by atoms with Crippen molar-refractivity contribution in [3.63, 3.8) is 0 Å². The quantitative estimate of drug-likeness (QED) is 0.0382. The van der Waals surface area contributed by atoms with E-state index in [9.17, 15) is 127 Å². The normalized spacial score (nSPS) is 48.1. The zero-order valence-corrected chi connectivity index (χ0v) is 50.3. The molecule has 41 heteroatoms. The van der Waals surface area contributed by atoms with E-state index in [0.717, 1.165) is 13.8 Å². The van der Waals surface area contributed by atoms with Gasteiger partial charge >= 0.3 is 0 Å². The molecule has 2 amide bonds. The Balaban J connectivity index is 1.07. The Morgan fingerprint density at radius 3 is 1.25 bits per heavy atom. The summed E-state index contributed by atoms with van der Waals surface area (Å²) in [6.45, 7) is -2.92. The summed E-state index contributed by atoms with van der Waals surface area (Å²) in [6.07, 6.45) is -72.2. The smallest absolute Gasteiger partial charge is 0.217 e.